The SMILES string of the molecule is CCOP(=O)(CCCN1CCOCCOCCOCCOCC1)OCC. The molecule has 0 aliphatic carbocycles. The fraction of sp³-hybridized carbons (Fsp3) is 1.00. The highest BCUT2D eigenvalue weighted by atomic mass is 31.2. The van der Waals surface area contributed by atoms with Crippen molar-refractivity contribution in [2.75, 3.05) is 91.9 Å². The van der Waals surface area contributed by atoms with Crippen LogP contribution in [0.2, 0.25) is 0 Å². The van der Waals surface area contributed by atoms with Gasteiger partial charge in [0.1, 0.15) is 0 Å². The van der Waals surface area contributed by atoms with Crippen LogP contribution in [0.4, 0.5) is 0 Å². The maximum Gasteiger partial charge on any atom is 0.330 e. The molecule has 8 nitrogen and oxygen atoms in total. The maximum absolute atomic E-state index is 12.5. The third-order valence-electron chi connectivity index (χ3n) is 3.78. The van der Waals surface area contributed by atoms with Gasteiger partial charge in [-0.3, -0.25) is 9.46 Å². The predicted octanol–water partition coefficient (Wildman–Crippen LogP) is 2.02. The summed E-state index contributed by atoms with van der Waals surface area (Å²) in [6.07, 6.45) is 1.16. The molecule has 0 spiro atoms. The Hall–Kier alpha value is -0.0500. The van der Waals surface area contributed by atoms with Crippen molar-refractivity contribution in [3.63, 3.8) is 0 Å². The molecule has 1 aliphatic rings. The van der Waals surface area contributed by atoms with Gasteiger partial charge in [-0.05, 0) is 26.8 Å². The second-order valence-corrected chi connectivity index (χ2v) is 8.00. The molecule has 0 bridgehead atoms. The molecule has 0 amide bonds. The molecule has 9 heteroatoms. The lowest BCUT2D eigenvalue weighted by Gasteiger charge is -2.23. The van der Waals surface area contributed by atoms with Crippen LogP contribution in [0.5, 0.6) is 0 Å². The molecule has 1 rings (SSSR count). The summed E-state index contributed by atoms with van der Waals surface area (Å²) in [6, 6.07) is 0. The average molecular weight is 397 g/mol. The maximum atomic E-state index is 12.5. The first-order valence-corrected chi connectivity index (χ1v) is 11.3. The van der Waals surface area contributed by atoms with Crippen LogP contribution in [0, 0.1) is 0 Å². The van der Waals surface area contributed by atoms with Crippen molar-refractivity contribution in [2.45, 2.75) is 20.3 Å². The minimum Gasteiger partial charge on any atom is -0.378 e. The minimum atomic E-state index is -2.97. The van der Waals surface area contributed by atoms with Crippen molar-refractivity contribution in [1.29, 1.82) is 0 Å². The molecule has 1 fully saturated rings. The quantitative estimate of drug-likeness (QED) is 0.576. The average Bonchev–Trinajstić information content (AvgIpc) is 2.62. The van der Waals surface area contributed by atoms with E-state index in [0.717, 1.165) is 26.1 Å². The van der Waals surface area contributed by atoms with Gasteiger partial charge in [-0.15, -0.1) is 0 Å². The summed E-state index contributed by atoms with van der Waals surface area (Å²) < 4.78 is 45.3. The molecule has 0 N–H and O–H groups in total. The molecular weight excluding hydrogens is 361 g/mol. The Bertz CT molecular complexity index is 347. The van der Waals surface area contributed by atoms with Crippen LogP contribution in [0.15, 0.2) is 0 Å². The first-order chi connectivity index (χ1) is 12.7. The highest BCUT2D eigenvalue weighted by Crippen LogP contribution is 2.48. The second-order valence-electron chi connectivity index (χ2n) is 5.81. The van der Waals surface area contributed by atoms with Gasteiger partial charge in [-0.1, -0.05) is 0 Å². The number of rotatable bonds is 8. The highest BCUT2D eigenvalue weighted by molar-refractivity contribution is 7.53. The van der Waals surface area contributed by atoms with Crippen LogP contribution in [-0.2, 0) is 32.6 Å². The van der Waals surface area contributed by atoms with Gasteiger partial charge >= 0.3 is 7.60 Å². The summed E-state index contributed by atoms with van der Waals surface area (Å²) in [6.45, 7) is 11.6. The molecule has 0 aromatic carbocycles. The van der Waals surface area contributed by atoms with Crippen molar-refractivity contribution in [3.05, 3.63) is 0 Å². The number of hydrogen-bond acceptors (Lipinski definition) is 8. The summed E-state index contributed by atoms with van der Waals surface area (Å²) in [4.78, 5) is 2.25. The van der Waals surface area contributed by atoms with Crippen LogP contribution >= 0.6 is 7.60 Å². The normalized spacial score (nSPS) is 20.4. The zero-order valence-electron chi connectivity index (χ0n) is 16.4. The van der Waals surface area contributed by atoms with E-state index < -0.39 is 7.60 Å². The molecule has 1 aliphatic heterocycles. The van der Waals surface area contributed by atoms with Crippen molar-refractivity contribution in [2.24, 2.45) is 0 Å². The molecule has 0 aromatic rings. The van der Waals surface area contributed by atoms with Gasteiger partial charge in [-0.2, -0.15) is 0 Å². The molecule has 1 heterocycles. The van der Waals surface area contributed by atoms with E-state index >= 15 is 0 Å². The smallest absolute Gasteiger partial charge is 0.330 e. The van der Waals surface area contributed by atoms with Gasteiger partial charge in [0, 0.05) is 13.1 Å². The van der Waals surface area contributed by atoms with E-state index in [9.17, 15) is 4.57 Å². The molecule has 0 atom stereocenters. The fourth-order valence-electron chi connectivity index (χ4n) is 2.53. The zero-order valence-corrected chi connectivity index (χ0v) is 17.3. The van der Waals surface area contributed by atoms with Gasteiger partial charge in [-0.25, -0.2) is 0 Å². The molecule has 0 saturated carbocycles. The Morgan fingerprint density at radius 3 is 1.62 bits per heavy atom. The van der Waals surface area contributed by atoms with Gasteiger partial charge in [0.05, 0.1) is 72.2 Å². The van der Waals surface area contributed by atoms with Crippen molar-refractivity contribution in [1.82, 2.24) is 4.90 Å². The third kappa shape index (κ3) is 12.4. The van der Waals surface area contributed by atoms with Crippen LogP contribution < -0.4 is 0 Å². The van der Waals surface area contributed by atoms with Crippen molar-refractivity contribution >= 4 is 7.60 Å². The lowest BCUT2D eigenvalue weighted by molar-refractivity contribution is 0.00206. The second kappa shape index (κ2) is 16.0. The van der Waals surface area contributed by atoms with Crippen LogP contribution in [0.25, 0.3) is 0 Å². The predicted molar refractivity (Wildman–Crippen MR) is 100 cm³/mol. The minimum absolute atomic E-state index is 0.396. The van der Waals surface area contributed by atoms with E-state index in [1.54, 1.807) is 0 Å². The molecular formula is C17H36NO7P. The lowest BCUT2D eigenvalue weighted by Crippen LogP contribution is -2.33. The van der Waals surface area contributed by atoms with Crippen LogP contribution in [0.1, 0.15) is 20.3 Å². The lowest BCUT2D eigenvalue weighted by atomic mass is 10.4. The molecule has 0 aromatic heterocycles. The number of nitrogens with zero attached hydrogens (tertiary/aromatic N) is 1. The van der Waals surface area contributed by atoms with Crippen LogP contribution in [-0.4, -0.2) is 96.8 Å². The van der Waals surface area contributed by atoms with E-state index in [1.807, 2.05) is 13.8 Å². The molecule has 1 saturated heterocycles. The summed E-state index contributed by atoms with van der Waals surface area (Å²) in [5.41, 5.74) is 0. The van der Waals surface area contributed by atoms with E-state index in [2.05, 4.69) is 4.90 Å². The monoisotopic (exact) mass is 397 g/mol. The Morgan fingerprint density at radius 1 is 0.769 bits per heavy atom. The van der Waals surface area contributed by atoms with E-state index in [0.29, 0.717) is 72.2 Å². The van der Waals surface area contributed by atoms with Gasteiger partial charge < -0.3 is 28.0 Å². The van der Waals surface area contributed by atoms with Gasteiger partial charge in [0.2, 0.25) is 0 Å². The van der Waals surface area contributed by atoms with Crippen LogP contribution in [0.3, 0.4) is 0 Å². The third-order valence-corrected chi connectivity index (χ3v) is 5.94. The standard InChI is InChI=1S/C17H36NO7P/c1-3-24-26(19,25-4-2)17-5-6-18-7-9-20-11-13-22-15-16-23-14-12-21-10-8-18/h3-17H2,1-2H3. The first kappa shape index (κ1) is 24.0. The summed E-state index contributed by atoms with van der Waals surface area (Å²) in [5.74, 6) is 0. The molecule has 0 radical (unpaired) electrons. The Labute approximate surface area is 157 Å². The highest BCUT2D eigenvalue weighted by Gasteiger charge is 2.23. The van der Waals surface area contributed by atoms with Gasteiger partial charge in [0.25, 0.3) is 0 Å². The Balaban J connectivity index is 2.37. The molecule has 156 valence electrons. The van der Waals surface area contributed by atoms with E-state index in [4.69, 9.17) is 28.0 Å². The zero-order chi connectivity index (χ0) is 18.9. The molecule has 26 heavy (non-hydrogen) atoms. The largest absolute Gasteiger partial charge is 0.378 e. The fourth-order valence-corrected chi connectivity index (χ4v) is 4.18. The Morgan fingerprint density at radius 2 is 1.19 bits per heavy atom. The van der Waals surface area contributed by atoms with Crippen molar-refractivity contribution < 1.29 is 32.6 Å². The van der Waals surface area contributed by atoms with E-state index in [1.165, 1.54) is 0 Å². The summed E-state index contributed by atoms with van der Waals surface area (Å²) >= 11 is 0. The van der Waals surface area contributed by atoms with Gasteiger partial charge in [0.15, 0.2) is 0 Å². The summed E-state index contributed by atoms with van der Waals surface area (Å²) in [7, 11) is -2.97. The van der Waals surface area contributed by atoms with E-state index in [-0.39, 0.29) is 0 Å². The summed E-state index contributed by atoms with van der Waals surface area (Å²) in [5, 5.41) is 0. The molecule has 0 unspecified atom stereocenters. The Kier molecular flexibility index (Phi) is 14.7. The number of hydrogen-bond donors (Lipinski definition) is 0. The first-order valence-electron chi connectivity index (χ1n) is 9.61. The number of ether oxygens (including phenoxy) is 4. The topological polar surface area (TPSA) is 75.7 Å². The van der Waals surface area contributed by atoms with Crippen molar-refractivity contribution in [3.8, 4) is 0 Å².